The number of carboxylic acid groups (broad SMARTS) is 2. The third-order valence-corrected chi connectivity index (χ3v) is 16.3. The summed E-state index contributed by atoms with van der Waals surface area (Å²) >= 11 is 0. The van der Waals surface area contributed by atoms with E-state index in [1.807, 2.05) is 0 Å². The first-order valence-corrected chi connectivity index (χ1v) is 26.9. The molecule has 22 heteroatoms. The summed E-state index contributed by atoms with van der Waals surface area (Å²) in [6.45, 7) is 17.0. The molecule has 0 amide bonds. The number of hydrogen-bond donors (Lipinski definition) is 2. The van der Waals surface area contributed by atoms with Gasteiger partial charge in [0.05, 0.1) is 85.8 Å². The zero-order valence-electron chi connectivity index (χ0n) is 44.3. The summed E-state index contributed by atoms with van der Waals surface area (Å²) in [5, 5.41) is 45.8. The Bertz CT molecular complexity index is 2850. The predicted molar refractivity (Wildman–Crippen MR) is 277 cm³/mol. The Morgan fingerprint density at radius 3 is 2.16 bits per heavy atom. The number of non-ortho nitro benzene ring substituents is 1. The first-order valence-electron chi connectivity index (χ1n) is 25.3. The van der Waals surface area contributed by atoms with Gasteiger partial charge in [0, 0.05) is 51.2 Å². The van der Waals surface area contributed by atoms with Crippen LogP contribution in [-0.2, 0) is 59.0 Å². The van der Waals surface area contributed by atoms with E-state index in [-0.39, 0.29) is 77.0 Å². The number of carbonyl (C=O) groups is 4. The van der Waals surface area contributed by atoms with Gasteiger partial charge in [0.2, 0.25) is 0 Å². The van der Waals surface area contributed by atoms with E-state index in [1.165, 1.54) is 33.3 Å². The number of hydrogen-bond acceptors (Lipinski definition) is 17. The number of ether oxygens (including phenoxy) is 7. The number of rotatable bonds is 24. The number of esters is 2. The van der Waals surface area contributed by atoms with Crippen molar-refractivity contribution in [1.29, 1.82) is 0 Å². The molecule has 0 aliphatic carbocycles. The van der Waals surface area contributed by atoms with E-state index in [0.717, 1.165) is 35.9 Å². The molecule has 418 valence electrons. The lowest BCUT2D eigenvalue weighted by Gasteiger charge is -2.45. The number of aromatic carboxylic acids is 2. The molecule has 0 aromatic heterocycles. The zero-order chi connectivity index (χ0) is 56.7. The summed E-state index contributed by atoms with van der Waals surface area (Å²) in [6.07, 6.45) is -4.14. The maximum atomic E-state index is 14.4. The standard InChI is InChI=1S/C55H68N2O19S/c1-31(40-26-34(56(64)65)17-19-38(40)51(59)60)25-41-39(52(61)62)20-21-43(57(66)67)48(41)50-49(71-9)42(30-77(68,69)37-15-11-10-12-16-37)46(75-50)27-45-33(3)55(7,76-47(58)29-70-8)28-36(74-45)18-22-44-32(2)24-35(73-44)14-13-23-72-53(63)54(4,5)6/h10-12,15-17,19-21,26,31,35-36,42,44-46,49-50H,2-3,13-14,18,22-25,27-30H2,1,4-9H3,(H,59,60)(H,61,62)/t31-,35-,36-,42-,44-,45+,46-,49+,50+,55+/m0/s1. The van der Waals surface area contributed by atoms with E-state index in [1.54, 1.807) is 45.9 Å². The fourth-order valence-electron chi connectivity index (χ4n) is 10.6. The second-order valence-corrected chi connectivity index (χ2v) is 23.2. The molecule has 2 N–H and O–H groups in total. The van der Waals surface area contributed by atoms with Gasteiger partial charge in [-0.3, -0.25) is 25.0 Å². The van der Waals surface area contributed by atoms with Gasteiger partial charge in [-0.05, 0) is 119 Å². The number of methoxy groups -OCH3 is 2. The van der Waals surface area contributed by atoms with Gasteiger partial charge in [-0.15, -0.1) is 0 Å². The smallest absolute Gasteiger partial charge is 0.335 e. The molecule has 3 heterocycles. The Labute approximate surface area is 447 Å². The average Bonchev–Trinajstić information content (AvgIpc) is 3.94. The molecule has 0 unspecified atom stereocenters. The van der Waals surface area contributed by atoms with Crippen molar-refractivity contribution in [2.24, 2.45) is 11.3 Å². The Kier molecular flexibility index (Phi) is 19.4. The molecule has 3 aromatic carbocycles. The third-order valence-electron chi connectivity index (χ3n) is 14.5. The minimum Gasteiger partial charge on any atom is -0.478 e. The molecule has 0 spiro atoms. The normalized spacial score (nSPS) is 25.0. The van der Waals surface area contributed by atoms with E-state index in [2.05, 4.69) is 13.2 Å². The number of carbonyl (C=O) groups excluding carboxylic acids is 2. The van der Waals surface area contributed by atoms with Crippen LogP contribution >= 0.6 is 0 Å². The molecule has 3 aliphatic rings. The molecule has 3 saturated heterocycles. The Morgan fingerprint density at radius 2 is 1.55 bits per heavy atom. The van der Waals surface area contributed by atoms with Crippen molar-refractivity contribution in [1.82, 2.24) is 0 Å². The summed E-state index contributed by atoms with van der Waals surface area (Å²) in [5.74, 6) is -6.78. The van der Waals surface area contributed by atoms with Crippen molar-refractivity contribution < 1.29 is 80.8 Å². The van der Waals surface area contributed by atoms with Crippen LogP contribution in [-0.4, -0.2) is 128 Å². The van der Waals surface area contributed by atoms with E-state index in [0.29, 0.717) is 32.1 Å². The Balaban J connectivity index is 1.38. The van der Waals surface area contributed by atoms with Gasteiger partial charge < -0.3 is 43.4 Å². The lowest BCUT2D eigenvalue weighted by molar-refractivity contribution is -0.386. The van der Waals surface area contributed by atoms with Crippen LogP contribution in [0.15, 0.2) is 89.9 Å². The highest BCUT2D eigenvalue weighted by Crippen LogP contribution is 2.50. The highest BCUT2D eigenvalue weighted by molar-refractivity contribution is 7.91. The van der Waals surface area contributed by atoms with Gasteiger partial charge in [0.25, 0.3) is 11.4 Å². The first kappa shape index (κ1) is 59.8. The second kappa shape index (κ2) is 24.9. The summed E-state index contributed by atoms with van der Waals surface area (Å²) in [5.41, 5.74) is -3.21. The number of carboxylic acids is 2. The van der Waals surface area contributed by atoms with E-state index in [9.17, 15) is 58.0 Å². The molecule has 21 nitrogen and oxygen atoms in total. The topological polar surface area (TPSA) is 294 Å². The van der Waals surface area contributed by atoms with Crippen molar-refractivity contribution in [3.63, 3.8) is 0 Å². The summed E-state index contributed by atoms with van der Waals surface area (Å²) < 4.78 is 71.6. The van der Waals surface area contributed by atoms with Crippen LogP contribution in [0, 0.1) is 31.6 Å². The lowest BCUT2D eigenvalue weighted by atomic mass is 9.79. The highest BCUT2D eigenvalue weighted by Gasteiger charge is 2.53. The molecule has 77 heavy (non-hydrogen) atoms. The number of nitro groups is 2. The molecule has 10 atom stereocenters. The fraction of sp³-hybridized carbons (Fsp3) is 0.527. The molecule has 0 radical (unpaired) electrons. The van der Waals surface area contributed by atoms with Gasteiger partial charge in [0.1, 0.15) is 18.3 Å². The van der Waals surface area contributed by atoms with Crippen molar-refractivity contribution in [2.75, 3.05) is 33.2 Å². The molecular weight excluding hydrogens is 1020 g/mol. The highest BCUT2D eigenvalue weighted by atomic mass is 32.2. The van der Waals surface area contributed by atoms with Gasteiger partial charge in [-0.2, -0.15) is 0 Å². The quantitative estimate of drug-likeness (QED) is 0.0278. The minimum atomic E-state index is -4.21. The summed E-state index contributed by atoms with van der Waals surface area (Å²) in [6, 6.07) is 12.7. The predicted octanol–water partition coefficient (Wildman–Crippen LogP) is 8.71. The van der Waals surface area contributed by atoms with Crippen molar-refractivity contribution in [2.45, 2.75) is 145 Å². The van der Waals surface area contributed by atoms with E-state index < -0.39 is 120 Å². The Morgan fingerprint density at radius 1 is 0.883 bits per heavy atom. The zero-order valence-corrected chi connectivity index (χ0v) is 45.1. The third kappa shape index (κ3) is 14.2. The first-order chi connectivity index (χ1) is 36.2. The van der Waals surface area contributed by atoms with Crippen LogP contribution in [0.5, 0.6) is 0 Å². The van der Waals surface area contributed by atoms with E-state index in [4.69, 9.17) is 33.2 Å². The molecule has 0 saturated carbocycles. The largest absolute Gasteiger partial charge is 0.478 e. The van der Waals surface area contributed by atoms with Crippen molar-refractivity contribution in [3.05, 3.63) is 133 Å². The second-order valence-electron chi connectivity index (χ2n) is 21.1. The maximum Gasteiger partial charge on any atom is 0.335 e. The molecule has 3 fully saturated rings. The van der Waals surface area contributed by atoms with Crippen molar-refractivity contribution in [3.8, 4) is 0 Å². The van der Waals surface area contributed by atoms with Gasteiger partial charge in [0.15, 0.2) is 9.84 Å². The SMILES string of the molecule is C=C1C[C@H](CCCOC(=O)C(C)(C)C)O[C@H]1CC[C@H]1C[C@@](C)(OC(=O)COC)C(=C)[C@@H](C[C@@H]2O[C@H](c3c([N+](=O)[O-])ccc(C(=O)O)c3C[C@H](C)c3cc([N+](=O)[O-])ccc3C(=O)O)[C@H](OC)[C@H]2CS(=O)(=O)c2ccccc2)O1. The molecule has 3 aliphatic heterocycles. The number of benzene rings is 3. The number of sulfone groups is 1. The summed E-state index contributed by atoms with van der Waals surface area (Å²) in [4.78, 5) is 74.5. The number of nitro benzene ring substituents is 2. The van der Waals surface area contributed by atoms with Crippen LogP contribution in [0.2, 0.25) is 0 Å². The summed E-state index contributed by atoms with van der Waals surface area (Å²) in [7, 11) is -1.62. The van der Waals surface area contributed by atoms with Gasteiger partial charge >= 0.3 is 23.9 Å². The van der Waals surface area contributed by atoms with Crippen LogP contribution < -0.4 is 0 Å². The van der Waals surface area contributed by atoms with Gasteiger partial charge in [-0.1, -0.05) is 38.3 Å². The Hall–Kier alpha value is -6.43. The van der Waals surface area contributed by atoms with Gasteiger partial charge in [-0.25, -0.2) is 22.8 Å². The van der Waals surface area contributed by atoms with E-state index >= 15 is 0 Å². The maximum absolute atomic E-state index is 14.4. The average molecular weight is 1090 g/mol. The van der Waals surface area contributed by atoms with Crippen LogP contribution in [0.4, 0.5) is 11.4 Å². The minimum absolute atomic E-state index is 0.0467. The molecule has 6 rings (SSSR count). The number of nitrogens with zero attached hydrogens (tertiary/aromatic N) is 2. The van der Waals surface area contributed by atoms with Crippen molar-refractivity contribution >= 4 is 45.1 Å². The van der Waals surface area contributed by atoms with Crippen LogP contribution in [0.3, 0.4) is 0 Å². The van der Waals surface area contributed by atoms with Crippen LogP contribution in [0.1, 0.15) is 129 Å². The molecule has 3 aromatic rings. The van der Waals surface area contributed by atoms with Crippen LogP contribution in [0.25, 0.3) is 0 Å². The molecule has 0 bridgehead atoms. The molecular formula is C55H68N2O19S. The lowest BCUT2D eigenvalue weighted by Crippen LogP contribution is -2.50. The fourth-order valence-corrected chi connectivity index (χ4v) is 12.3. The monoisotopic (exact) mass is 1090 g/mol.